The minimum atomic E-state index is -0.155. The fraction of sp³-hybridized carbons (Fsp3) is 0.545. The zero-order valence-electron chi connectivity index (χ0n) is 15.3. The van der Waals surface area contributed by atoms with Crippen molar-refractivity contribution in [3.63, 3.8) is 0 Å². The molecule has 1 fully saturated rings. The number of benzene rings is 1. The normalized spacial score (nSPS) is 31.7. The molecule has 0 amide bonds. The van der Waals surface area contributed by atoms with Crippen LogP contribution in [0.25, 0.3) is 0 Å². The Labute approximate surface area is 156 Å². The average Bonchev–Trinajstić information content (AvgIpc) is 2.67. The highest BCUT2D eigenvalue weighted by Gasteiger charge is 2.32. The molecule has 0 radical (unpaired) electrons. The third-order valence-electron chi connectivity index (χ3n) is 5.01. The van der Waals surface area contributed by atoms with Crippen LogP contribution in [0.1, 0.15) is 37.7 Å². The minimum Gasteiger partial charge on any atom is -0.394 e. The van der Waals surface area contributed by atoms with Crippen molar-refractivity contribution in [2.24, 2.45) is 0 Å². The molecular formula is C22H30O4. The van der Waals surface area contributed by atoms with Crippen LogP contribution in [0, 0.1) is 0 Å². The van der Waals surface area contributed by atoms with E-state index in [0.717, 1.165) is 32.1 Å². The number of rotatable bonds is 8. The van der Waals surface area contributed by atoms with Crippen LogP contribution in [-0.2, 0) is 20.8 Å². The van der Waals surface area contributed by atoms with Crippen molar-refractivity contribution < 1.29 is 19.3 Å². The summed E-state index contributed by atoms with van der Waals surface area (Å²) in [7, 11) is 0. The summed E-state index contributed by atoms with van der Waals surface area (Å²) >= 11 is 0. The smallest absolute Gasteiger partial charge is 0.0834 e. The number of hydrogen-bond acceptors (Lipinski definition) is 4. The molecule has 1 saturated heterocycles. The highest BCUT2D eigenvalue weighted by Crippen LogP contribution is 2.28. The van der Waals surface area contributed by atoms with Gasteiger partial charge < -0.3 is 19.3 Å². The summed E-state index contributed by atoms with van der Waals surface area (Å²) in [5.74, 6) is 0. The van der Waals surface area contributed by atoms with E-state index in [2.05, 4.69) is 30.9 Å². The molecule has 1 N–H and O–H groups in total. The quantitative estimate of drug-likeness (QED) is 0.718. The van der Waals surface area contributed by atoms with E-state index >= 15 is 0 Å². The standard InChI is InChI=1S/C22H30O4/c1-2-7-18-10-6-11-19(25-18)12-21-13-20(14-22(15-23)26-21)24-16-17-8-4-3-5-9-17/h2-6,8-10,18-23H,1,7,11-16H2/t18-,19+,20+,21+,22+/m0/s1. The van der Waals surface area contributed by atoms with Gasteiger partial charge in [-0.25, -0.2) is 0 Å². The molecule has 4 heteroatoms. The lowest BCUT2D eigenvalue weighted by molar-refractivity contribution is -0.145. The summed E-state index contributed by atoms with van der Waals surface area (Å²) in [6, 6.07) is 10.2. The van der Waals surface area contributed by atoms with Crippen LogP contribution in [0.2, 0.25) is 0 Å². The fourth-order valence-corrected chi connectivity index (χ4v) is 3.73. The largest absolute Gasteiger partial charge is 0.394 e. The van der Waals surface area contributed by atoms with Crippen LogP contribution in [0.15, 0.2) is 55.1 Å². The van der Waals surface area contributed by atoms with Crippen molar-refractivity contribution in [3.8, 4) is 0 Å². The predicted molar refractivity (Wildman–Crippen MR) is 102 cm³/mol. The zero-order chi connectivity index (χ0) is 18.2. The third kappa shape index (κ3) is 5.78. The van der Waals surface area contributed by atoms with Gasteiger partial charge in [0.1, 0.15) is 0 Å². The van der Waals surface area contributed by atoms with E-state index in [0.29, 0.717) is 6.61 Å². The predicted octanol–water partition coefficient (Wildman–Crippen LogP) is 3.79. The first-order valence-corrected chi connectivity index (χ1v) is 9.61. The maximum atomic E-state index is 9.60. The van der Waals surface area contributed by atoms with Gasteiger partial charge in [-0.3, -0.25) is 0 Å². The molecule has 2 heterocycles. The van der Waals surface area contributed by atoms with E-state index in [9.17, 15) is 5.11 Å². The molecule has 3 rings (SSSR count). The van der Waals surface area contributed by atoms with Crippen LogP contribution in [0.5, 0.6) is 0 Å². The highest BCUT2D eigenvalue weighted by molar-refractivity contribution is 5.13. The van der Waals surface area contributed by atoms with Crippen LogP contribution in [0.4, 0.5) is 0 Å². The van der Waals surface area contributed by atoms with E-state index in [1.807, 2.05) is 24.3 Å². The van der Waals surface area contributed by atoms with Crippen LogP contribution >= 0.6 is 0 Å². The topological polar surface area (TPSA) is 47.9 Å². The summed E-state index contributed by atoms with van der Waals surface area (Å²) < 4.78 is 18.3. The Bertz CT molecular complexity index is 571. The first kappa shape index (κ1) is 19.3. The number of hydrogen-bond donors (Lipinski definition) is 1. The molecule has 0 aliphatic carbocycles. The zero-order valence-corrected chi connectivity index (χ0v) is 15.3. The minimum absolute atomic E-state index is 0.0339. The lowest BCUT2D eigenvalue weighted by Gasteiger charge is -2.37. The van der Waals surface area contributed by atoms with E-state index in [4.69, 9.17) is 14.2 Å². The van der Waals surface area contributed by atoms with Gasteiger partial charge in [0.2, 0.25) is 0 Å². The van der Waals surface area contributed by atoms with Gasteiger partial charge in [0.05, 0.1) is 43.7 Å². The summed E-state index contributed by atoms with van der Waals surface area (Å²) in [6.07, 6.45) is 10.6. The van der Waals surface area contributed by atoms with Crippen molar-refractivity contribution in [1.82, 2.24) is 0 Å². The van der Waals surface area contributed by atoms with Crippen molar-refractivity contribution in [2.45, 2.75) is 69.2 Å². The molecule has 0 unspecified atom stereocenters. The molecule has 0 bridgehead atoms. The Morgan fingerprint density at radius 3 is 2.69 bits per heavy atom. The summed E-state index contributed by atoms with van der Waals surface area (Å²) in [6.45, 7) is 4.42. The van der Waals surface area contributed by atoms with Crippen LogP contribution in [0.3, 0.4) is 0 Å². The summed E-state index contributed by atoms with van der Waals surface area (Å²) in [5, 5.41) is 9.60. The van der Waals surface area contributed by atoms with Crippen molar-refractivity contribution in [2.75, 3.05) is 6.61 Å². The molecule has 0 aromatic heterocycles. The van der Waals surface area contributed by atoms with Gasteiger partial charge in [0.15, 0.2) is 0 Å². The Balaban J connectivity index is 1.52. The van der Waals surface area contributed by atoms with Crippen molar-refractivity contribution in [3.05, 3.63) is 60.7 Å². The Morgan fingerprint density at radius 1 is 1.12 bits per heavy atom. The third-order valence-corrected chi connectivity index (χ3v) is 5.01. The Kier molecular flexibility index (Phi) is 7.44. The highest BCUT2D eigenvalue weighted by atomic mass is 16.5. The molecule has 0 saturated carbocycles. The van der Waals surface area contributed by atoms with E-state index in [1.54, 1.807) is 0 Å². The van der Waals surface area contributed by atoms with Gasteiger partial charge >= 0.3 is 0 Å². The molecule has 0 spiro atoms. The summed E-state index contributed by atoms with van der Waals surface area (Å²) in [5.41, 5.74) is 1.17. The van der Waals surface area contributed by atoms with E-state index in [-0.39, 0.29) is 37.1 Å². The van der Waals surface area contributed by atoms with Gasteiger partial charge in [-0.15, -0.1) is 6.58 Å². The van der Waals surface area contributed by atoms with Crippen LogP contribution in [-0.4, -0.2) is 42.2 Å². The second-order valence-electron chi connectivity index (χ2n) is 7.17. The van der Waals surface area contributed by atoms with Crippen molar-refractivity contribution >= 4 is 0 Å². The van der Waals surface area contributed by atoms with Gasteiger partial charge in [0, 0.05) is 12.8 Å². The molecule has 5 atom stereocenters. The second kappa shape index (κ2) is 10.0. The monoisotopic (exact) mass is 358 g/mol. The summed E-state index contributed by atoms with van der Waals surface area (Å²) in [4.78, 5) is 0. The molecule has 2 aliphatic rings. The Morgan fingerprint density at radius 2 is 1.92 bits per heavy atom. The van der Waals surface area contributed by atoms with Crippen LogP contribution < -0.4 is 0 Å². The van der Waals surface area contributed by atoms with Gasteiger partial charge in [-0.05, 0) is 24.8 Å². The molecule has 26 heavy (non-hydrogen) atoms. The first-order chi connectivity index (χ1) is 12.8. The van der Waals surface area contributed by atoms with Gasteiger partial charge in [-0.2, -0.15) is 0 Å². The van der Waals surface area contributed by atoms with E-state index in [1.165, 1.54) is 5.56 Å². The Hall–Kier alpha value is -1.46. The molecule has 4 nitrogen and oxygen atoms in total. The molecule has 1 aromatic carbocycles. The number of ether oxygens (including phenoxy) is 3. The molecule has 2 aliphatic heterocycles. The van der Waals surface area contributed by atoms with Gasteiger partial charge in [-0.1, -0.05) is 48.6 Å². The second-order valence-corrected chi connectivity index (χ2v) is 7.17. The van der Waals surface area contributed by atoms with E-state index < -0.39 is 0 Å². The average molecular weight is 358 g/mol. The molecule has 142 valence electrons. The van der Waals surface area contributed by atoms with Crippen molar-refractivity contribution in [1.29, 1.82) is 0 Å². The molecular weight excluding hydrogens is 328 g/mol. The first-order valence-electron chi connectivity index (χ1n) is 9.61. The maximum Gasteiger partial charge on any atom is 0.0834 e. The number of aliphatic hydroxyl groups excluding tert-OH is 1. The lowest BCUT2D eigenvalue weighted by atomic mass is 9.95. The maximum absolute atomic E-state index is 9.60. The lowest BCUT2D eigenvalue weighted by Crippen LogP contribution is -2.41. The fourth-order valence-electron chi connectivity index (χ4n) is 3.73. The molecule has 1 aromatic rings. The SMILES string of the molecule is C=CC[C@H]1C=CC[C@H](C[C@@H]2C[C@@H](OCc3ccccc3)C[C@H](CO)O2)O1. The number of aliphatic hydroxyl groups is 1. The van der Waals surface area contributed by atoms with Gasteiger partial charge in [0.25, 0.3) is 0 Å².